The summed E-state index contributed by atoms with van der Waals surface area (Å²) < 4.78 is 0. The van der Waals surface area contributed by atoms with Crippen molar-refractivity contribution in [3.63, 3.8) is 0 Å². The Hall–Kier alpha value is -0.730. The first-order valence-corrected chi connectivity index (χ1v) is 4.02. The van der Waals surface area contributed by atoms with Crippen molar-refractivity contribution in [2.75, 3.05) is 0 Å². The van der Waals surface area contributed by atoms with Gasteiger partial charge in [-0.15, -0.1) is 0 Å². The molecule has 0 aromatic rings. The Balaban J connectivity index is 2.43. The number of hydrogen-bond acceptors (Lipinski definition) is 1. The van der Waals surface area contributed by atoms with Gasteiger partial charge in [-0.05, 0) is 26.2 Å². The molecule has 1 fully saturated rings. The number of nitrogens with two attached hydrogens (primary N) is 1. The van der Waals surface area contributed by atoms with Crippen LogP contribution in [0.4, 0.5) is 4.79 Å². The average Bonchev–Trinajstić information content (AvgIpc) is 1.85. The van der Waals surface area contributed by atoms with Crippen molar-refractivity contribution in [1.82, 2.24) is 5.32 Å². The van der Waals surface area contributed by atoms with E-state index in [4.69, 9.17) is 5.73 Å². The topological polar surface area (TPSA) is 55.1 Å². The minimum absolute atomic E-state index is 0.0793. The Morgan fingerprint density at radius 3 is 2.91 bits per heavy atom. The minimum atomic E-state index is -0.414. The quantitative estimate of drug-likeness (QED) is 0.587. The lowest BCUT2D eigenvalue weighted by Crippen LogP contribution is -2.49. The third-order valence-corrected chi connectivity index (χ3v) is 2.16. The number of amides is 2. The smallest absolute Gasteiger partial charge is 0.312 e. The van der Waals surface area contributed by atoms with Crippen molar-refractivity contribution >= 4 is 6.03 Å². The van der Waals surface area contributed by atoms with E-state index in [0.29, 0.717) is 0 Å². The number of nitrogens with one attached hydrogen (secondary N) is 1. The van der Waals surface area contributed by atoms with Gasteiger partial charge in [-0.3, -0.25) is 0 Å². The van der Waals surface area contributed by atoms with Crippen LogP contribution in [0.1, 0.15) is 32.6 Å². The zero-order valence-corrected chi connectivity index (χ0v) is 6.89. The number of urea groups is 1. The summed E-state index contributed by atoms with van der Waals surface area (Å²) in [6, 6.07) is -0.414. The van der Waals surface area contributed by atoms with E-state index >= 15 is 0 Å². The second-order valence-corrected chi connectivity index (χ2v) is 3.43. The Morgan fingerprint density at radius 1 is 1.73 bits per heavy atom. The summed E-state index contributed by atoms with van der Waals surface area (Å²) in [5, 5.41) is 2.77. The maximum absolute atomic E-state index is 10.6. The first kappa shape index (κ1) is 8.37. The molecular formula is C8H15N2O. The summed E-state index contributed by atoms with van der Waals surface area (Å²) in [7, 11) is 0. The number of carbonyl (C=O) groups is 1. The van der Waals surface area contributed by atoms with Gasteiger partial charge in [-0.25, -0.2) is 4.79 Å². The molecule has 1 rings (SSSR count). The van der Waals surface area contributed by atoms with Crippen molar-refractivity contribution in [2.45, 2.75) is 38.1 Å². The largest absolute Gasteiger partial charge is 0.352 e. The van der Waals surface area contributed by atoms with Crippen LogP contribution in [0.5, 0.6) is 0 Å². The first-order chi connectivity index (χ1) is 5.12. The molecular weight excluding hydrogens is 140 g/mol. The van der Waals surface area contributed by atoms with Crippen LogP contribution in [0.15, 0.2) is 0 Å². The normalized spacial score (nSPS) is 22.6. The molecule has 1 aliphatic rings. The SMILES string of the molecule is CC1(NC(N)=O)C[CH]CCC1. The van der Waals surface area contributed by atoms with Gasteiger partial charge in [-0.1, -0.05) is 12.8 Å². The van der Waals surface area contributed by atoms with E-state index in [9.17, 15) is 4.79 Å². The van der Waals surface area contributed by atoms with Crippen molar-refractivity contribution in [2.24, 2.45) is 5.73 Å². The van der Waals surface area contributed by atoms with Gasteiger partial charge in [0.25, 0.3) is 0 Å². The molecule has 1 radical (unpaired) electrons. The molecule has 3 N–H and O–H groups in total. The number of primary amides is 1. The van der Waals surface area contributed by atoms with Crippen LogP contribution < -0.4 is 11.1 Å². The third kappa shape index (κ3) is 2.41. The van der Waals surface area contributed by atoms with Gasteiger partial charge in [0.1, 0.15) is 0 Å². The number of carbonyl (C=O) groups excluding carboxylic acids is 1. The highest BCUT2D eigenvalue weighted by Crippen LogP contribution is 2.26. The predicted octanol–water partition coefficient (Wildman–Crippen LogP) is 1.19. The van der Waals surface area contributed by atoms with Crippen LogP contribution in [0.3, 0.4) is 0 Å². The predicted molar refractivity (Wildman–Crippen MR) is 43.9 cm³/mol. The fourth-order valence-corrected chi connectivity index (χ4v) is 1.57. The highest BCUT2D eigenvalue weighted by molar-refractivity contribution is 5.72. The van der Waals surface area contributed by atoms with E-state index in [0.717, 1.165) is 25.7 Å². The summed E-state index contributed by atoms with van der Waals surface area (Å²) in [6.07, 6.45) is 6.49. The summed E-state index contributed by atoms with van der Waals surface area (Å²) in [5.41, 5.74) is 4.97. The average molecular weight is 155 g/mol. The van der Waals surface area contributed by atoms with Gasteiger partial charge in [0.2, 0.25) is 0 Å². The first-order valence-electron chi connectivity index (χ1n) is 4.02. The highest BCUT2D eigenvalue weighted by atomic mass is 16.2. The summed E-state index contributed by atoms with van der Waals surface area (Å²) in [6.45, 7) is 2.04. The molecule has 0 aromatic carbocycles. The zero-order valence-electron chi connectivity index (χ0n) is 6.89. The molecule has 3 nitrogen and oxygen atoms in total. The molecule has 0 aliphatic heterocycles. The molecule has 1 saturated carbocycles. The second kappa shape index (κ2) is 3.11. The molecule has 1 atom stereocenters. The van der Waals surface area contributed by atoms with Crippen molar-refractivity contribution in [3.05, 3.63) is 6.42 Å². The number of rotatable bonds is 1. The van der Waals surface area contributed by atoms with E-state index < -0.39 is 6.03 Å². The molecule has 11 heavy (non-hydrogen) atoms. The minimum Gasteiger partial charge on any atom is -0.352 e. The summed E-state index contributed by atoms with van der Waals surface area (Å²) >= 11 is 0. The molecule has 63 valence electrons. The van der Waals surface area contributed by atoms with E-state index in [-0.39, 0.29) is 5.54 Å². The van der Waals surface area contributed by atoms with Crippen LogP contribution in [0.25, 0.3) is 0 Å². The molecule has 3 heteroatoms. The van der Waals surface area contributed by atoms with Crippen LogP contribution in [-0.2, 0) is 0 Å². The van der Waals surface area contributed by atoms with Crippen molar-refractivity contribution < 1.29 is 4.79 Å². The fraction of sp³-hybridized carbons (Fsp3) is 0.750. The molecule has 0 aromatic heterocycles. The maximum Gasteiger partial charge on any atom is 0.312 e. The molecule has 0 saturated heterocycles. The van der Waals surface area contributed by atoms with E-state index in [2.05, 4.69) is 11.7 Å². The zero-order chi connectivity index (χ0) is 8.32. The lowest BCUT2D eigenvalue weighted by molar-refractivity contribution is 0.227. The van der Waals surface area contributed by atoms with Crippen LogP contribution in [-0.4, -0.2) is 11.6 Å². The summed E-state index contributed by atoms with van der Waals surface area (Å²) in [5.74, 6) is 0. The Morgan fingerprint density at radius 2 is 2.45 bits per heavy atom. The van der Waals surface area contributed by atoms with E-state index in [1.165, 1.54) is 0 Å². The fourth-order valence-electron chi connectivity index (χ4n) is 1.57. The van der Waals surface area contributed by atoms with Gasteiger partial charge < -0.3 is 11.1 Å². The van der Waals surface area contributed by atoms with E-state index in [1.807, 2.05) is 6.92 Å². The molecule has 2 amide bonds. The number of hydrogen-bond donors (Lipinski definition) is 2. The van der Waals surface area contributed by atoms with Crippen LogP contribution in [0, 0.1) is 6.42 Å². The Kier molecular flexibility index (Phi) is 2.37. The van der Waals surface area contributed by atoms with Crippen molar-refractivity contribution in [3.8, 4) is 0 Å². The molecule has 0 heterocycles. The van der Waals surface area contributed by atoms with Crippen LogP contribution >= 0.6 is 0 Å². The van der Waals surface area contributed by atoms with Crippen molar-refractivity contribution in [1.29, 1.82) is 0 Å². The van der Waals surface area contributed by atoms with Gasteiger partial charge in [0.15, 0.2) is 0 Å². The monoisotopic (exact) mass is 155 g/mol. The lowest BCUT2D eigenvalue weighted by atomic mass is 9.83. The van der Waals surface area contributed by atoms with E-state index in [1.54, 1.807) is 0 Å². The van der Waals surface area contributed by atoms with Gasteiger partial charge in [-0.2, -0.15) is 0 Å². The lowest BCUT2D eigenvalue weighted by Gasteiger charge is -2.33. The molecule has 0 bridgehead atoms. The molecule has 1 aliphatic carbocycles. The third-order valence-electron chi connectivity index (χ3n) is 2.16. The summed E-state index contributed by atoms with van der Waals surface area (Å²) in [4.78, 5) is 10.6. The van der Waals surface area contributed by atoms with Gasteiger partial charge in [0, 0.05) is 5.54 Å². The van der Waals surface area contributed by atoms with Crippen LogP contribution in [0.2, 0.25) is 0 Å². The second-order valence-electron chi connectivity index (χ2n) is 3.43. The molecule has 1 unspecified atom stereocenters. The standard InChI is InChI=1S/C8H15N2O/c1-8(10-7(9)11)5-3-2-4-6-8/h3H,2,4-6H2,1H3,(H3,9,10,11). The molecule has 0 spiro atoms. The Bertz CT molecular complexity index is 150. The highest BCUT2D eigenvalue weighted by Gasteiger charge is 2.27. The maximum atomic E-state index is 10.6. The van der Waals surface area contributed by atoms with Gasteiger partial charge >= 0.3 is 6.03 Å². The van der Waals surface area contributed by atoms with Gasteiger partial charge in [0.05, 0.1) is 0 Å². The Labute approximate surface area is 67.3 Å².